The van der Waals surface area contributed by atoms with Gasteiger partial charge in [0.25, 0.3) is 0 Å². The summed E-state index contributed by atoms with van der Waals surface area (Å²) in [6.07, 6.45) is 0. The van der Waals surface area contributed by atoms with Crippen molar-refractivity contribution < 1.29 is 0 Å². The molecule has 0 aliphatic heterocycles. The number of rotatable bonds is 5. The molecule has 0 radical (unpaired) electrons. The van der Waals surface area contributed by atoms with Gasteiger partial charge in [0.05, 0.1) is 0 Å². The maximum atomic E-state index is 3.47. The summed E-state index contributed by atoms with van der Waals surface area (Å²) in [4.78, 5) is 2.28. The van der Waals surface area contributed by atoms with E-state index in [-0.39, 0.29) is 0 Å². The van der Waals surface area contributed by atoms with Crippen molar-refractivity contribution in [1.82, 2.24) is 0 Å². The van der Waals surface area contributed by atoms with Crippen LogP contribution < -0.4 is 10.2 Å². The summed E-state index contributed by atoms with van der Waals surface area (Å²) in [5, 5.41) is 3.47. The van der Waals surface area contributed by atoms with Gasteiger partial charge in [-0.1, -0.05) is 48.0 Å². The fourth-order valence-corrected chi connectivity index (χ4v) is 3.29. The molecular formula is C26H24N2. The van der Waals surface area contributed by atoms with Crippen LogP contribution in [0.2, 0.25) is 0 Å². The molecular weight excluding hydrogens is 340 g/mol. The summed E-state index contributed by atoms with van der Waals surface area (Å²) < 4.78 is 0. The molecule has 0 bridgehead atoms. The van der Waals surface area contributed by atoms with Crippen molar-refractivity contribution in [2.75, 3.05) is 10.2 Å². The van der Waals surface area contributed by atoms with E-state index in [1.165, 1.54) is 11.1 Å². The summed E-state index contributed by atoms with van der Waals surface area (Å²) in [6, 6.07) is 36.1. The molecule has 0 saturated carbocycles. The Balaban J connectivity index is 1.66. The lowest BCUT2D eigenvalue weighted by Crippen LogP contribution is -2.09. The van der Waals surface area contributed by atoms with Crippen molar-refractivity contribution >= 4 is 28.4 Å². The van der Waals surface area contributed by atoms with E-state index in [4.69, 9.17) is 0 Å². The van der Waals surface area contributed by atoms with Crippen LogP contribution in [0, 0.1) is 13.8 Å². The monoisotopic (exact) mass is 364 g/mol. The number of hydrogen-bond acceptors (Lipinski definition) is 2. The van der Waals surface area contributed by atoms with Crippen LogP contribution in [0.25, 0.3) is 0 Å². The normalized spacial score (nSPS) is 10.5. The third-order valence-electron chi connectivity index (χ3n) is 4.74. The molecule has 138 valence electrons. The highest BCUT2D eigenvalue weighted by atomic mass is 15.1. The van der Waals surface area contributed by atoms with Gasteiger partial charge in [0.2, 0.25) is 0 Å². The molecule has 0 spiro atoms. The Morgan fingerprint density at radius 1 is 0.500 bits per heavy atom. The maximum Gasteiger partial charge on any atom is 0.0464 e. The Bertz CT molecular complexity index is 1040. The van der Waals surface area contributed by atoms with Crippen LogP contribution in [0.3, 0.4) is 0 Å². The molecule has 0 aliphatic rings. The maximum absolute atomic E-state index is 3.47. The standard InChI is InChI=1S/C26H24N2/c1-20-11-13-22(14-12-20)27-23-15-17-25(18-16-23)28(24-8-4-3-5-9-24)26-10-6-7-21(2)19-26/h3-19,27H,1-2H3. The number of para-hydroxylation sites is 1. The minimum atomic E-state index is 1.07. The Morgan fingerprint density at radius 3 is 1.71 bits per heavy atom. The molecule has 0 heterocycles. The molecule has 4 aromatic carbocycles. The van der Waals surface area contributed by atoms with E-state index in [1.54, 1.807) is 0 Å². The molecule has 2 heteroatoms. The summed E-state index contributed by atoms with van der Waals surface area (Å²) in [7, 11) is 0. The molecule has 4 rings (SSSR count). The Morgan fingerprint density at radius 2 is 1.07 bits per heavy atom. The van der Waals surface area contributed by atoms with E-state index >= 15 is 0 Å². The first kappa shape index (κ1) is 17.9. The molecule has 0 saturated heterocycles. The first-order chi connectivity index (χ1) is 13.7. The lowest BCUT2D eigenvalue weighted by atomic mass is 10.1. The van der Waals surface area contributed by atoms with Gasteiger partial charge in [-0.3, -0.25) is 0 Å². The van der Waals surface area contributed by atoms with Crippen molar-refractivity contribution in [2.24, 2.45) is 0 Å². The van der Waals surface area contributed by atoms with Gasteiger partial charge in [0.1, 0.15) is 0 Å². The van der Waals surface area contributed by atoms with Crippen LogP contribution in [-0.2, 0) is 0 Å². The Hall–Kier alpha value is -3.52. The highest BCUT2D eigenvalue weighted by molar-refractivity contribution is 5.78. The number of aryl methyl sites for hydroxylation is 2. The van der Waals surface area contributed by atoms with Gasteiger partial charge in [-0.05, 0) is 80.1 Å². The van der Waals surface area contributed by atoms with Gasteiger partial charge in [0, 0.05) is 28.4 Å². The average molecular weight is 364 g/mol. The summed E-state index contributed by atoms with van der Waals surface area (Å²) in [5.74, 6) is 0. The molecule has 0 unspecified atom stereocenters. The van der Waals surface area contributed by atoms with Crippen LogP contribution in [0.15, 0.2) is 103 Å². The highest BCUT2D eigenvalue weighted by Gasteiger charge is 2.12. The highest BCUT2D eigenvalue weighted by Crippen LogP contribution is 2.35. The third kappa shape index (κ3) is 4.07. The first-order valence-electron chi connectivity index (χ1n) is 9.55. The molecule has 0 aromatic heterocycles. The molecule has 0 fully saturated rings. The van der Waals surface area contributed by atoms with Crippen LogP contribution in [-0.4, -0.2) is 0 Å². The summed E-state index contributed by atoms with van der Waals surface area (Å²) >= 11 is 0. The Kier molecular flexibility index (Phi) is 5.11. The second-order valence-corrected chi connectivity index (χ2v) is 7.05. The van der Waals surface area contributed by atoms with Gasteiger partial charge in [-0.2, -0.15) is 0 Å². The molecule has 0 aliphatic carbocycles. The van der Waals surface area contributed by atoms with Crippen LogP contribution >= 0.6 is 0 Å². The lowest BCUT2D eigenvalue weighted by Gasteiger charge is -2.26. The van der Waals surface area contributed by atoms with E-state index in [0.717, 1.165) is 28.4 Å². The van der Waals surface area contributed by atoms with Gasteiger partial charge < -0.3 is 10.2 Å². The number of benzene rings is 4. The quantitative estimate of drug-likeness (QED) is 0.394. The molecule has 1 N–H and O–H groups in total. The SMILES string of the molecule is Cc1ccc(Nc2ccc(N(c3ccccc3)c3cccc(C)c3)cc2)cc1. The van der Waals surface area contributed by atoms with Crippen LogP contribution in [0.4, 0.5) is 28.4 Å². The predicted octanol–water partition coefficient (Wildman–Crippen LogP) is 7.52. The molecule has 28 heavy (non-hydrogen) atoms. The minimum absolute atomic E-state index is 1.07. The minimum Gasteiger partial charge on any atom is -0.356 e. The molecule has 4 aromatic rings. The molecule has 0 amide bonds. The van der Waals surface area contributed by atoms with Gasteiger partial charge in [0.15, 0.2) is 0 Å². The smallest absolute Gasteiger partial charge is 0.0464 e. The van der Waals surface area contributed by atoms with Crippen LogP contribution in [0.1, 0.15) is 11.1 Å². The van der Waals surface area contributed by atoms with E-state index in [9.17, 15) is 0 Å². The van der Waals surface area contributed by atoms with Crippen molar-refractivity contribution in [3.63, 3.8) is 0 Å². The van der Waals surface area contributed by atoms with Crippen molar-refractivity contribution in [3.8, 4) is 0 Å². The zero-order chi connectivity index (χ0) is 19.3. The predicted molar refractivity (Wildman–Crippen MR) is 120 cm³/mol. The van der Waals surface area contributed by atoms with E-state index in [2.05, 4.69) is 121 Å². The van der Waals surface area contributed by atoms with E-state index in [1.807, 2.05) is 6.07 Å². The Labute approximate surface area is 167 Å². The fraction of sp³-hybridized carbons (Fsp3) is 0.0769. The first-order valence-corrected chi connectivity index (χ1v) is 9.55. The fourth-order valence-electron chi connectivity index (χ4n) is 3.29. The second-order valence-electron chi connectivity index (χ2n) is 7.05. The average Bonchev–Trinajstić information content (AvgIpc) is 2.72. The third-order valence-corrected chi connectivity index (χ3v) is 4.74. The molecule has 0 atom stereocenters. The van der Waals surface area contributed by atoms with Crippen molar-refractivity contribution in [2.45, 2.75) is 13.8 Å². The zero-order valence-corrected chi connectivity index (χ0v) is 16.3. The summed E-state index contributed by atoms with van der Waals surface area (Å²) in [5.41, 5.74) is 8.11. The second kappa shape index (κ2) is 8.01. The van der Waals surface area contributed by atoms with Crippen molar-refractivity contribution in [3.05, 3.63) is 114 Å². The van der Waals surface area contributed by atoms with Gasteiger partial charge >= 0.3 is 0 Å². The largest absolute Gasteiger partial charge is 0.356 e. The van der Waals surface area contributed by atoms with Gasteiger partial charge in [-0.25, -0.2) is 0 Å². The number of anilines is 5. The lowest BCUT2D eigenvalue weighted by molar-refractivity contribution is 1.27. The van der Waals surface area contributed by atoms with Crippen LogP contribution in [0.5, 0.6) is 0 Å². The van der Waals surface area contributed by atoms with E-state index in [0.29, 0.717) is 0 Å². The molecule has 2 nitrogen and oxygen atoms in total. The van der Waals surface area contributed by atoms with Gasteiger partial charge in [-0.15, -0.1) is 0 Å². The van der Waals surface area contributed by atoms with Crippen molar-refractivity contribution in [1.29, 1.82) is 0 Å². The summed E-state index contributed by atoms with van der Waals surface area (Å²) in [6.45, 7) is 4.23. The number of hydrogen-bond donors (Lipinski definition) is 1. The topological polar surface area (TPSA) is 15.3 Å². The number of nitrogens with one attached hydrogen (secondary N) is 1. The number of nitrogens with zero attached hydrogens (tertiary/aromatic N) is 1. The van der Waals surface area contributed by atoms with E-state index < -0.39 is 0 Å². The zero-order valence-electron chi connectivity index (χ0n) is 16.3.